The second-order valence-electron chi connectivity index (χ2n) is 12.5. The molecular weight excluding hydrogens is 580 g/mol. The van der Waals surface area contributed by atoms with E-state index >= 15 is 0 Å². The zero-order valence-corrected chi connectivity index (χ0v) is 27.4. The predicted molar refractivity (Wildman–Crippen MR) is 180 cm³/mol. The lowest BCUT2D eigenvalue weighted by Gasteiger charge is -2.37. The number of aliphatic hydroxyl groups is 1. The number of carbonyl (C=O) groups excluding carboxylic acids is 3. The van der Waals surface area contributed by atoms with Gasteiger partial charge in [0.2, 0.25) is 5.91 Å². The highest BCUT2D eigenvalue weighted by atomic mass is 16.5. The second kappa shape index (κ2) is 16.8. The van der Waals surface area contributed by atoms with Crippen LogP contribution in [0.4, 0.5) is 4.79 Å². The molecule has 1 unspecified atom stereocenters. The number of ether oxygens (including phenoxy) is 1. The minimum atomic E-state index is -0.992. The van der Waals surface area contributed by atoms with Gasteiger partial charge in [0.1, 0.15) is 11.8 Å². The van der Waals surface area contributed by atoms with Gasteiger partial charge in [-0.05, 0) is 67.7 Å². The number of para-hydroxylation sites is 1. The molecule has 0 spiro atoms. The van der Waals surface area contributed by atoms with E-state index in [0.29, 0.717) is 31.7 Å². The number of urea groups is 1. The van der Waals surface area contributed by atoms with Gasteiger partial charge in [-0.2, -0.15) is 0 Å². The Morgan fingerprint density at radius 1 is 0.891 bits per heavy atom. The number of hydrogen-bond acceptors (Lipinski definition) is 5. The van der Waals surface area contributed by atoms with Gasteiger partial charge in [-0.3, -0.25) is 9.59 Å². The van der Waals surface area contributed by atoms with Crippen molar-refractivity contribution < 1.29 is 24.2 Å². The molecule has 1 aliphatic rings. The molecule has 1 heterocycles. The topological polar surface area (TPSA) is 120 Å². The van der Waals surface area contributed by atoms with Gasteiger partial charge in [0.05, 0.1) is 12.1 Å². The standard InChI is InChI=1S/C37H48N4O5/c1-25(2)34(41-20-12-19-38-37(41)45)36(44)39-30(21-28-15-7-5-8-16-28)23-32(42)31(22-29-17-9-6-10-18-29)40-33(43)24-46-35-26(3)13-11-14-27(35)4/h5-11,13-18,25,30-32,34,42H,12,19-24H2,1-4H3,(H,38,45)(H,39,44)(H,40,43)/t30-,31-,32-,34?/m1/s1. The zero-order chi connectivity index (χ0) is 33.1. The summed E-state index contributed by atoms with van der Waals surface area (Å²) in [6, 6.07) is 23.3. The number of rotatable bonds is 15. The quantitative estimate of drug-likeness (QED) is 0.200. The summed E-state index contributed by atoms with van der Waals surface area (Å²) >= 11 is 0. The smallest absolute Gasteiger partial charge is 0.318 e. The minimum absolute atomic E-state index is 0.117. The van der Waals surface area contributed by atoms with Crippen molar-refractivity contribution in [1.82, 2.24) is 20.9 Å². The van der Waals surface area contributed by atoms with Crippen molar-refractivity contribution >= 4 is 17.8 Å². The Labute approximate surface area is 272 Å². The minimum Gasteiger partial charge on any atom is -0.483 e. The van der Waals surface area contributed by atoms with Crippen molar-refractivity contribution in [2.45, 2.75) is 77.6 Å². The molecule has 9 nitrogen and oxygen atoms in total. The van der Waals surface area contributed by atoms with Gasteiger partial charge >= 0.3 is 6.03 Å². The number of nitrogens with one attached hydrogen (secondary N) is 3. The highest BCUT2D eigenvalue weighted by molar-refractivity contribution is 5.87. The summed E-state index contributed by atoms with van der Waals surface area (Å²) in [4.78, 5) is 41.3. The van der Waals surface area contributed by atoms with Crippen LogP contribution in [0.3, 0.4) is 0 Å². The highest BCUT2D eigenvalue weighted by Gasteiger charge is 2.35. The first-order chi connectivity index (χ1) is 22.1. The average molecular weight is 629 g/mol. The van der Waals surface area contributed by atoms with E-state index in [4.69, 9.17) is 4.74 Å². The second-order valence-corrected chi connectivity index (χ2v) is 12.5. The number of amides is 4. The van der Waals surface area contributed by atoms with E-state index < -0.39 is 24.2 Å². The van der Waals surface area contributed by atoms with Gasteiger partial charge in [0.15, 0.2) is 6.61 Å². The molecule has 3 aromatic carbocycles. The molecule has 246 valence electrons. The van der Waals surface area contributed by atoms with Crippen LogP contribution in [0.5, 0.6) is 5.75 Å². The number of hydrogen-bond donors (Lipinski definition) is 4. The van der Waals surface area contributed by atoms with Crippen molar-refractivity contribution in [2.75, 3.05) is 19.7 Å². The Morgan fingerprint density at radius 3 is 2.09 bits per heavy atom. The molecule has 4 N–H and O–H groups in total. The third-order valence-electron chi connectivity index (χ3n) is 8.41. The fourth-order valence-electron chi connectivity index (χ4n) is 6.12. The van der Waals surface area contributed by atoms with E-state index in [1.165, 1.54) is 0 Å². The first-order valence-electron chi connectivity index (χ1n) is 16.2. The fourth-order valence-corrected chi connectivity index (χ4v) is 6.12. The van der Waals surface area contributed by atoms with Gasteiger partial charge in [-0.15, -0.1) is 0 Å². The summed E-state index contributed by atoms with van der Waals surface area (Å²) in [7, 11) is 0. The molecule has 4 rings (SSSR count). The van der Waals surface area contributed by atoms with E-state index in [9.17, 15) is 19.5 Å². The Kier molecular flexibility index (Phi) is 12.6. The third kappa shape index (κ3) is 9.81. The van der Waals surface area contributed by atoms with Gasteiger partial charge in [-0.25, -0.2) is 4.79 Å². The summed E-state index contributed by atoms with van der Waals surface area (Å²) in [6.45, 7) is 8.63. The first-order valence-corrected chi connectivity index (χ1v) is 16.2. The van der Waals surface area contributed by atoms with E-state index in [1.54, 1.807) is 4.90 Å². The first kappa shape index (κ1) is 34.5. The van der Waals surface area contributed by atoms with Crippen LogP contribution in [0.25, 0.3) is 0 Å². The molecule has 0 aromatic heterocycles. The molecule has 0 bridgehead atoms. The summed E-state index contributed by atoms with van der Waals surface area (Å²) in [6.07, 6.45) is 0.831. The van der Waals surface area contributed by atoms with Crippen LogP contribution in [-0.4, -0.2) is 71.8 Å². The molecule has 3 aromatic rings. The van der Waals surface area contributed by atoms with E-state index in [2.05, 4.69) is 16.0 Å². The lowest BCUT2D eigenvalue weighted by molar-refractivity contribution is -0.128. The number of nitrogens with zero attached hydrogens (tertiary/aromatic N) is 1. The SMILES string of the molecule is Cc1cccc(C)c1OCC(=O)N[C@H](Cc1ccccc1)[C@H](O)C[C@@H](Cc1ccccc1)NC(=O)C(C(C)C)N1CCCNC1=O. The number of aryl methyl sites for hydroxylation is 2. The number of benzene rings is 3. The van der Waals surface area contributed by atoms with Crippen LogP contribution in [0.2, 0.25) is 0 Å². The molecular formula is C37H48N4O5. The van der Waals surface area contributed by atoms with E-state index in [0.717, 1.165) is 28.7 Å². The van der Waals surface area contributed by atoms with Crippen LogP contribution >= 0.6 is 0 Å². The molecule has 0 saturated carbocycles. The fraction of sp³-hybridized carbons (Fsp3) is 0.432. The molecule has 1 saturated heterocycles. The third-order valence-corrected chi connectivity index (χ3v) is 8.41. The van der Waals surface area contributed by atoms with Gasteiger partial charge < -0.3 is 30.7 Å². The summed E-state index contributed by atoms with van der Waals surface area (Å²) < 4.78 is 5.90. The van der Waals surface area contributed by atoms with E-state index in [-0.39, 0.29) is 36.8 Å². The lowest BCUT2D eigenvalue weighted by Crippen LogP contribution is -2.59. The molecule has 9 heteroatoms. The summed E-state index contributed by atoms with van der Waals surface area (Å²) in [5.41, 5.74) is 3.84. The van der Waals surface area contributed by atoms with Crippen molar-refractivity contribution in [3.63, 3.8) is 0 Å². The Balaban J connectivity index is 1.52. The van der Waals surface area contributed by atoms with Gasteiger partial charge in [0, 0.05) is 19.1 Å². The normalized spacial score (nSPS) is 15.8. The Bertz CT molecular complexity index is 1410. The molecule has 4 amide bonds. The monoisotopic (exact) mass is 628 g/mol. The maximum Gasteiger partial charge on any atom is 0.318 e. The van der Waals surface area contributed by atoms with Gasteiger partial charge in [-0.1, -0.05) is 92.7 Å². The van der Waals surface area contributed by atoms with Crippen LogP contribution in [0.1, 0.15) is 48.9 Å². The molecule has 1 fully saturated rings. The van der Waals surface area contributed by atoms with Crippen LogP contribution in [-0.2, 0) is 22.4 Å². The van der Waals surface area contributed by atoms with Crippen molar-refractivity contribution in [1.29, 1.82) is 0 Å². The molecule has 0 radical (unpaired) electrons. The molecule has 0 aliphatic carbocycles. The van der Waals surface area contributed by atoms with E-state index in [1.807, 2.05) is 107 Å². The lowest BCUT2D eigenvalue weighted by atomic mass is 9.92. The number of carbonyl (C=O) groups is 3. The average Bonchev–Trinajstić information content (AvgIpc) is 3.02. The largest absolute Gasteiger partial charge is 0.483 e. The molecule has 46 heavy (non-hydrogen) atoms. The van der Waals surface area contributed by atoms with Crippen LogP contribution in [0.15, 0.2) is 78.9 Å². The van der Waals surface area contributed by atoms with Crippen LogP contribution < -0.4 is 20.7 Å². The zero-order valence-electron chi connectivity index (χ0n) is 27.4. The molecule has 4 atom stereocenters. The Hall–Kier alpha value is -4.37. The van der Waals surface area contributed by atoms with Gasteiger partial charge in [0.25, 0.3) is 5.91 Å². The highest BCUT2D eigenvalue weighted by Crippen LogP contribution is 2.22. The maximum absolute atomic E-state index is 13.8. The maximum atomic E-state index is 13.8. The Morgan fingerprint density at radius 2 is 1.50 bits per heavy atom. The molecule has 1 aliphatic heterocycles. The number of aliphatic hydroxyl groups excluding tert-OH is 1. The van der Waals surface area contributed by atoms with Crippen molar-refractivity contribution in [3.05, 3.63) is 101 Å². The van der Waals surface area contributed by atoms with Crippen LogP contribution in [0, 0.1) is 19.8 Å². The summed E-state index contributed by atoms with van der Waals surface area (Å²) in [5, 5.41) is 20.7. The predicted octanol–water partition coefficient (Wildman–Crippen LogP) is 4.33. The summed E-state index contributed by atoms with van der Waals surface area (Å²) in [5.74, 6) is -0.0493. The van der Waals surface area contributed by atoms with Crippen molar-refractivity contribution in [2.24, 2.45) is 5.92 Å². The van der Waals surface area contributed by atoms with Crippen molar-refractivity contribution in [3.8, 4) is 5.75 Å².